The van der Waals surface area contributed by atoms with Gasteiger partial charge in [0.05, 0.1) is 23.7 Å². The Hall–Kier alpha value is 0.370. The average molecular weight is 494 g/mol. The highest BCUT2D eigenvalue weighted by Gasteiger charge is 2.48. The first-order chi connectivity index (χ1) is 8.70. The third kappa shape index (κ3) is 2.39. The van der Waals surface area contributed by atoms with Crippen molar-refractivity contribution >= 4 is 82.6 Å². The molecule has 0 spiro atoms. The number of rotatable bonds is 1. The van der Waals surface area contributed by atoms with Crippen LogP contribution in [0.3, 0.4) is 0 Å². The maximum absolute atomic E-state index is 12.2. The van der Waals surface area contributed by atoms with Crippen molar-refractivity contribution in [1.29, 1.82) is 5.41 Å². The highest BCUT2D eigenvalue weighted by Crippen LogP contribution is 2.48. The van der Waals surface area contributed by atoms with Gasteiger partial charge >= 0.3 is 0 Å². The lowest BCUT2D eigenvalue weighted by molar-refractivity contribution is -0.128. The van der Waals surface area contributed by atoms with E-state index in [9.17, 15) is 4.79 Å². The minimum absolute atomic E-state index is 0.0555. The van der Waals surface area contributed by atoms with E-state index in [1.807, 2.05) is 6.92 Å². The van der Waals surface area contributed by atoms with Crippen LogP contribution in [0, 0.1) is 5.41 Å². The van der Waals surface area contributed by atoms with Gasteiger partial charge in [0.1, 0.15) is 4.83 Å². The number of amides is 1. The molecule has 9 heteroatoms. The summed E-state index contributed by atoms with van der Waals surface area (Å²) >= 11 is 18.0. The van der Waals surface area contributed by atoms with Gasteiger partial charge in [-0.25, -0.2) is 0 Å². The van der Waals surface area contributed by atoms with Gasteiger partial charge in [-0.3, -0.25) is 15.1 Å². The van der Waals surface area contributed by atoms with Gasteiger partial charge in [-0.2, -0.15) is 0 Å². The SMILES string of the molecule is CN1C(=N)N[C@](C)(c2sc(Br)c(Br)c2Cl)[C@H](Br)C1=O. The van der Waals surface area contributed by atoms with E-state index in [0.29, 0.717) is 5.02 Å². The number of halogens is 4. The van der Waals surface area contributed by atoms with Gasteiger partial charge in [0.15, 0.2) is 5.96 Å². The summed E-state index contributed by atoms with van der Waals surface area (Å²) in [4.78, 5) is 13.7. The van der Waals surface area contributed by atoms with Crippen molar-refractivity contribution in [3.05, 3.63) is 18.2 Å². The van der Waals surface area contributed by atoms with Gasteiger partial charge in [-0.15, -0.1) is 11.3 Å². The molecule has 2 rings (SSSR count). The Morgan fingerprint density at radius 1 is 1.53 bits per heavy atom. The lowest BCUT2D eigenvalue weighted by atomic mass is 9.93. The zero-order chi connectivity index (χ0) is 14.5. The molecular weight excluding hydrogens is 485 g/mol. The smallest absolute Gasteiger partial charge is 0.245 e. The molecule has 104 valence electrons. The number of thiophene rings is 1. The number of guanidine groups is 1. The summed E-state index contributed by atoms with van der Waals surface area (Å²) < 4.78 is 1.61. The molecule has 1 fully saturated rings. The number of hydrogen-bond donors (Lipinski definition) is 2. The second-order valence-electron chi connectivity index (χ2n) is 4.27. The fourth-order valence-corrected chi connectivity index (χ4v) is 5.37. The molecule has 0 aromatic carbocycles. The predicted octanol–water partition coefficient (Wildman–Crippen LogP) is 3.90. The second kappa shape index (κ2) is 5.29. The van der Waals surface area contributed by atoms with E-state index in [-0.39, 0.29) is 11.9 Å². The largest absolute Gasteiger partial charge is 0.344 e. The van der Waals surface area contributed by atoms with E-state index in [4.69, 9.17) is 17.0 Å². The molecule has 4 nitrogen and oxygen atoms in total. The quantitative estimate of drug-likeness (QED) is 0.582. The van der Waals surface area contributed by atoms with E-state index in [0.717, 1.165) is 13.1 Å². The molecule has 0 saturated carbocycles. The Bertz CT molecular complexity index is 579. The Labute approximate surface area is 144 Å². The molecule has 2 atom stereocenters. The van der Waals surface area contributed by atoms with Gasteiger partial charge in [-0.1, -0.05) is 27.5 Å². The van der Waals surface area contributed by atoms with Crippen LogP contribution >= 0.6 is 70.7 Å². The Kier molecular flexibility index (Phi) is 4.39. The first kappa shape index (κ1) is 15.8. The van der Waals surface area contributed by atoms with E-state index in [1.54, 1.807) is 7.05 Å². The Balaban J connectivity index is 2.55. The third-order valence-electron chi connectivity index (χ3n) is 3.00. The topological polar surface area (TPSA) is 56.2 Å². The molecule has 2 heterocycles. The Morgan fingerprint density at radius 2 is 2.11 bits per heavy atom. The molecule has 1 amide bonds. The van der Waals surface area contributed by atoms with E-state index >= 15 is 0 Å². The maximum Gasteiger partial charge on any atom is 0.245 e. The molecule has 1 aliphatic rings. The summed E-state index contributed by atoms with van der Waals surface area (Å²) in [6.45, 7) is 1.85. The number of nitrogens with zero attached hydrogens (tertiary/aromatic N) is 1. The number of carbonyl (C=O) groups is 1. The fourth-order valence-electron chi connectivity index (χ4n) is 1.79. The van der Waals surface area contributed by atoms with Crippen LogP contribution in [-0.2, 0) is 10.3 Å². The van der Waals surface area contributed by atoms with E-state index in [2.05, 4.69) is 53.1 Å². The maximum atomic E-state index is 12.2. The third-order valence-corrected chi connectivity index (χ3v) is 8.71. The molecule has 0 unspecified atom stereocenters. The summed E-state index contributed by atoms with van der Waals surface area (Å²) in [7, 11) is 1.56. The van der Waals surface area contributed by atoms with Crippen molar-refractivity contribution in [3.8, 4) is 0 Å². The van der Waals surface area contributed by atoms with Gasteiger partial charge < -0.3 is 5.32 Å². The highest BCUT2D eigenvalue weighted by molar-refractivity contribution is 9.13. The molecule has 0 bridgehead atoms. The lowest BCUT2D eigenvalue weighted by Crippen LogP contribution is -2.64. The van der Waals surface area contributed by atoms with Gasteiger partial charge in [-0.05, 0) is 38.8 Å². The highest BCUT2D eigenvalue weighted by atomic mass is 79.9. The van der Waals surface area contributed by atoms with E-state index in [1.165, 1.54) is 16.2 Å². The number of hydrogen-bond acceptors (Lipinski definition) is 3. The summed E-state index contributed by atoms with van der Waals surface area (Å²) in [6.07, 6.45) is 0. The second-order valence-corrected chi connectivity index (χ2v) is 8.69. The molecule has 1 saturated heterocycles. The molecule has 0 aliphatic carbocycles. The lowest BCUT2D eigenvalue weighted by Gasteiger charge is -2.42. The average Bonchev–Trinajstić information content (AvgIpc) is 2.62. The summed E-state index contributed by atoms with van der Waals surface area (Å²) in [6, 6.07) is 0. The summed E-state index contributed by atoms with van der Waals surface area (Å²) in [5.41, 5.74) is -0.767. The minimum atomic E-state index is -0.767. The zero-order valence-corrected chi connectivity index (χ0v) is 16.2. The van der Waals surface area contributed by atoms with Crippen LogP contribution in [0.25, 0.3) is 0 Å². The van der Waals surface area contributed by atoms with Crippen molar-refractivity contribution in [3.63, 3.8) is 0 Å². The van der Waals surface area contributed by atoms with E-state index < -0.39 is 10.4 Å². The van der Waals surface area contributed by atoms with Crippen molar-refractivity contribution < 1.29 is 4.79 Å². The number of nitrogens with one attached hydrogen (secondary N) is 2. The molecule has 1 aromatic heterocycles. The minimum Gasteiger partial charge on any atom is -0.344 e. The van der Waals surface area contributed by atoms with Crippen LogP contribution in [0.1, 0.15) is 11.8 Å². The van der Waals surface area contributed by atoms with Gasteiger partial charge in [0.25, 0.3) is 0 Å². The monoisotopic (exact) mass is 491 g/mol. The van der Waals surface area contributed by atoms with Crippen LogP contribution in [-0.4, -0.2) is 28.6 Å². The summed E-state index contributed by atoms with van der Waals surface area (Å²) in [5, 5.41) is 11.5. The van der Waals surface area contributed by atoms with Crippen molar-refractivity contribution in [2.24, 2.45) is 0 Å². The number of alkyl halides is 1. The van der Waals surface area contributed by atoms with Gasteiger partial charge in [0, 0.05) is 7.05 Å². The van der Waals surface area contributed by atoms with Crippen LogP contribution in [0.4, 0.5) is 0 Å². The standard InChI is InChI=1S/C10H9Br3ClN3OS/c1-10(6-4(14)3(11)7(13)19-6)5(12)8(18)17(2)9(15)16-10/h5H,1-2H3,(H2,15,16)/t5-,10+/m1/s1. The van der Waals surface area contributed by atoms with Crippen molar-refractivity contribution in [2.45, 2.75) is 17.3 Å². The molecule has 1 aromatic rings. The van der Waals surface area contributed by atoms with Crippen LogP contribution in [0.15, 0.2) is 8.26 Å². The summed E-state index contributed by atoms with van der Waals surface area (Å²) in [5.74, 6) is -0.122. The molecule has 1 aliphatic heterocycles. The predicted molar refractivity (Wildman–Crippen MR) is 88.4 cm³/mol. The van der Waals surface area contributed by atoms with Crippen molar-refractivity contribution in [1.82, 2.24) is 10.2 Å². The molecule has 2 N–H and O–H groups in total. The first-order valence-corrected chi connectivity index (χ1v) is 8.82. The Morgan fingerprint density at radius 3 is 2.58 bits per heavy atom. The van der Waals surface area contributed by atoms with Crippen LogP contribution in [0.5, 0.6) is 0 Å². The number of carbonyl (C=O) groups excluding carboxylic acids is 1. The van der Waals surface area contributed by atoms with Crippen LogP contribution < -0.4 is 5.32 Å². The fraction of sp³-hybridized carbons (Fsp3) is 0.400. The molecule has 0 radical (unpaired) electrons. The van der Waals surface area contributed by atoms with Crippen LogP contribution in [0.2, 0.25) is 5.02 Å². The molecular formula is C10H9Br3ClN3OS. The zero-order valence-electron chi connectivity index (χ0n) is 9.85. The normalized spacial score (nSPS) is 27.7. The molecule has 19 heavy (non-hydrogen) atoms. The van der Waals surface area contributed by atoms with Crippen molar-refractivity contribution in [2.75, 3.05) is 7.05 Å². The first-order valence-electron chi connectivity index (χ1n) is 5.12. The van der Waals surface area contributed by atoms with Gasteiger partial charge in [0.2, 0.25) is 5.91 Å².